The highest BCUT2D eigenvalue weighted by Gasteiger charge is 2.56. The van der Waals surface area contributed by atoms with Crippen LogP contribution in [0.4, 0.5) is 5.69 Å². The number of phenolic OH excluding ortho intramolecular Hbond substituents is 1. The molecule has 0 bridgehead atoms. The normalized spacial score (nSPS) is 25.8. The van der Waals surface area contributed by atoms with Crippen molar-refractivity contribution in [1.29, 1.82) is 0 Å². The standard InChI is InChI=1S/C31H25NO8/c1-13-9-15(3-8-22(13)33)25-17-6-7-19-26(20(17)12-21-27(25)24(35)10-14(2)28(21)36)30(38)32(29(19)37)16-4-5-18(31(39)40)23(34)11-16/h3-6,8-11,19-20,25-26,33-34H,7,12H2,1-2H3,(H,39,40). The first kappa shape index (κ1) is 25.5. The number of rotatable bonds is 3. The summed E-state index contributed by atoms with van der Waals surface area (Å²) >= 11 is 0. The first-order chi connectivity index (χ1) is 19.0. The molecule has 0 spiro atoms. The van der Waals surface area contributed by atoms with Crippen LogP contribution in [0.3, 0.4) is 0 Å². The first-order valence-corrected chi connectivity index (χ1v) is 12.9. The molecule has 6 rings (SSSR count). The Morgan fingerprint density at radius 2 is 1.68 bits per heavy atom. The summed E-state index contributed by atoms with van der Waals surface area (Å²) in [6, 6.07) is 8.55. The summed E-state index contributed by atoms with van der Waals surface area (Å²) in [7, 11) is 0. The number of phenols is 2. The summed E-state index contributed by atoms with van der Waals surface area (Å²) in [5.74, 6) is -5.99. The molecule has 4 unspecified atom stereocenters. The van der Waals surface area contributed by atoms with Gasteiger partial charge in [0.2, 0.25) is 11.8 Å². The van der Waals surface area contributed by atoms with Gasteiger partial charge in [0.05, 0.1) is 17.5 Å². The largest absolute Gasteiger partial charge is 0.508 e. The van der Waals surface area contributed by atoms with Gasteiger partial charge in [0.1, 0.15) is 17.1 Å². The zero-order valence-electron chi connectivity index (χ0n) is 21.7. The average molecular weight is 540 g/mol. The lowest BCUT2D eigenvalue weighted by Gasteiger charge is -2.42. The van der Waals surface area contributed by atoms with E-state index in [9.17, 15) is 39.3 Å². The number of aromatic carboxylic acids is 1. The summed E-state index contributed by atoms with van der Waals surface area (Å²) in [5, 5.41) is 29.6. The van der Waals surface area contributed by atoms with Crippen molar-refractivity contribution in [3.8, 4) is 11.5 Å². The third-order valence-corrected chi connectivity index (χ3v) is 8.59. The number of allylic oxidation sites excluding steroid dienone is 6. The molecule has 202 valence electrons. The SMILES string of the molecule is CC1=CC(=O)C2=C(CC3C(=CCC4C(=O)N(c5ccc(C(=O)O)c(O)c5)C(=O)C43)C2c2ccc(O)c(C)c2)C1=O. The molecule has 1 heterocycles. The van der Waals surface area contributed by atoms with E-state index < -0.39 is 47.2 Å². The number of hydrogen-bond donors (Lipinski definition) is 3. The molecule has 2 aromatic rings. The maximum absolute atomic E-state index is 13.9. The van der Waals surface area contributed by atoms with E-state index in [1.54, 1.807) is 26.0 Å². The van der Waals surface area contributed by atoms with Gasteiger partial charge in [0.25, 0.3) is 0 Å². The van der Waals surface area contributed by atoms with Crippen LogP contribution >= 0.6 is 0 Å². The van der Waals surface area contributed by atoms with Gasteiger partial charge in [-0.25, -0.2) is 9.69 Å². The minimum Gasteiger partial charge on any atom is -0.508 e. The number of ketones is 2. The summed E-state index contributed by atoms with van der Waals surface area (Å²) < 4.78 is 0. The number of carbonyl (C=O) groups is 5. The van der Waals surface area contributed by atoms with Crippen LogP contribution in [0.25, 0.3) is 0 Å². The Bertz CT molecular complexity index is 1680. The Hall–Kier alpha value is -4.79. The number of benzene rings is 2. The van der Waals surface area contributed by atoms with E-state index in [4.69, 9.17) is 0 Å². The maximum Gasteiger partial charge on any atom is 0.339 e. The van der Waals surface area contributed by atoms with Gasteiger partial charge in [-0.2, -0.15) is 0 Å². The van der Waals surface area contributed by atoms with Crippen LogP contribution in [0.2, 0.25) is 0 Å². The van der Waals surface area contributed by atoms with Crippen molar-refractivity contribution in [3.05, 3.63) is 87.5 Å². The molecule has 1 aliphatic heterocycles. The Kier molecular flexibility index (Phi) is 5.65. The molecule has 2 amide bonds. The topological polar surface area (TPSA) is 149 Å². The lowest BCUT2D eigenvalue weighted by atomic mass is 9.59. The average Bonchev–Trinajstić information content (AvgIpc) is 3.17. The molecule has 40 heavy (non-hydrogen) atoms. The Balaban J connectivity index is 1.46. The highest BCUT2D eigenvalue weighted by atomic mass is 16.4. The second-order valence-electron chi connectivity index (χ2n) is 10.8. The van der Waals surface area contributed by atoms with Gasteiger partial charge < -0.3 is 15.3 Å². The smallest absolute Gasteiger partial charge is 0.339 e. The maximum atomic E-state index is 13.9. The van der Waals surface area contributed by atoms with E-state index in [2.05, 4.69) is 0 Å². The van der Waals surface area contributed by atoms with Gasteiger partial charge >= 0.3 is 5.97 Å². The molecular formula is C31H25NO8. The lowest BCUT2D eigenvalue weighted by Crippen LogP contribution is -2.39. The van der Waals surface area contributed by atoms with E-state index in [0.717, 1.165) is 22.6 Å². The molecular weight excluding hydrogens is 514 g/mol. The van der Waals surface area contributed by atoms with E-state index in [-0.39, 0.29) is 41.4 Å². The quantitative estimate of drug-likeness (QED) is 0.303. The predicted molar refractivity (Wildman–Crippen MR) is 142 cm³/mol. The van der Waals surface area contributed by atoms with Gasteiger partial charge in [0.15, 0.2) is 11.6 Å². The molecule has 4 atom stereocenters. The van der Waals surface area contributed by atoms with Crippen LogP contribution in [0.15, 0.2) is 70.8 Å². The number of amides is 2. The number of aromatic hydroxyl groups is 2. The first-order valence-electron chi connectivity index (χ1n) is 12.9. The molecule has 0 aromatic heterocycles. The number of aryl methyl sites for hydroxylation is 1. The van der Waals surface area contributed by atoms with Crippen molar-refractivity contribution in [2.45, 2.75) is 32.6 Å². The van der Waals surface area contributed by atoms with Gasteiger partial charge in [0, 0.05) is 28.7 Å². The van der Waals surface area contributed by atoms with Crippen molar-refractivity contribution in [2.75, 3.05) is 4.90 Å². The fourth-order valence-electron chi connectivity index (χ4n) is 6.71. The van der Waals surface area contributed by atoms with Gasteiger partial charge in [-0.05, 0) is 68.0 Å². The van der Waals surface area contributed by atoms with E-state index in [1.807, 2.05) is 6.08 Å². The minimum absolute atomic E-state index is 0.0672. The van der Waals surface area contributed by atoms with Crippen LogP contribution < -0.4 is 4.90 Å². The number of carboxylic acids is 1. The summed E-state index contributed by atoms with van der Waals surface area (Å²) in [6.45, 7) is 3.32. The fraction of sp³-hybridized carbons (Fsp3) is 0.258. The Morgan fingerprint density at radius 3 is 2.35 bits per heavy atom. The highest BCUT2D eigenvalue weighted by molar-refractivity contribution is 6.25. The van der Waals surface area contributed by atoms with E-state index in [0.29, 0.717) is 27.8 Å². The van der Waals surface area contributed by atoms with E-state index >= 15 is 0 Å². The van der Waals surface area contributed by atoms with Crippen LogP contribution in [-0.4, -0.2) is 44.7 Å². The van der Waals surface area contributed by atoms with Crippen molar-refractivity contribution in [3.63, 3.8) is 0 Å². The molecule has 1 saturated heterocycles. The van der Waals surface area contributed by atoms with Crippen molar-refractivity contribution >= 4 is 35.0 Å². The van der Waals surface area contributed by atoms with Gasteiger partial charge in [-0.15, -0.1) is 0 Å². The number of nitrogens with zero attached hydrogens (tertiary/aromatic N) is 1. The van der Waals surface area contributed by atoms with E-state index in [1.165, 1.54) is 18.2 Å². The Labute approximate surface area is 228 Å². The minimum atomic E-state index is -1.34. The molecule has 9 nitrogen and oxygen atoms in total. The molecule has 4 aliphatic rings. The third kappa shape index (κ3) is 3.57. The third-order valence-electron chi connectivity index (χ3n) is 8.59. The van der Waals surface area contributed by atoms with Gasteiger partial charge in [-0.3, -0.25) is 19.2 Å². The van der Waals surface area contributed by atoms with Crippen LogP contribution in [0.5, 0.6) is 11.5 Å². The van der Waals surface area contributed by atoms with Crippen molar-refractivity contribution in [2.24, 2.45) is 17.8 Å². The molecule has 2 aromatic carbocycles. The second-order valence-corrected chi connectivity index (χ2v) is 10.8. The summed E-state index contributed by atoms with van der Waals surface area (Å²) in [6.07, 6.45) is 3.60. The number of hydrogen-bond acceptors (Lipinski definition) is 7. The molecule has 0 radical (unpaired) electrons. The number of imide groups is 1. The summed E-state index contributed by atoms with van der Waals surface area (Å²) in [5.41, 5.74) is 2.81. The van der Waals surface area contributed by atoms with Crippen LogP contribution in [0.1, 0.15) is 47.2 Å². The van der Waals surface area contributed by atoms with Gasteiger partial charge in [-0.1, -0.05) is 23.8 Å². The molecule has 3 N–H and O–H groups in total. The lowest BCUT2D eigenvalue weighted by molar-refractivity contribution is -0.123. The molecule has 9 heteroatoms. The number of fused-ring (bicyclic) bond motifs is 3. The number of anilines is 1. The molecule has 1 fully saturated rings. The number of carbonyl (C=O) groups excluding carboxylic acids is 4. The molecule has 0 saturated carbocycles. The highest BCUT2D eigenvalue weighted by Crippen LogP contribution is 2.55. The zero-order chi connectivity index (χ0) is 28.6. The summed E-state index contributed by atoms with van der Waals surface area (Å²) in [4.78, 5) is 66.5. The number of Topliss-reactive ketones (excluding diaryl/α,β-unsaturated/α-hetero) is 1. The van der Waals surface area contributed by atoms with Crippen LogP contribution in [-0.2, 0) is 19.2 Å². The zero-order valence-corrected chi connectivity index (χ0v) is 21.7. The fourth-order valence-corrected chi connectivity index (χ4v) is 6.71. The number of carboxylic acid groups (broad SMARTS) is 1. The molecule has 3 aliphatic carbocycles. The van der Waals surface area contributed by atoms with Crippen LogP contribution in [0, 0.1) is 24.7 Å². The Morgan fingerprint density at radius 1 is 0.925 bits per heavy atom. The van der Waals surface area contributed by atoms with Crippen molar-refractivity contribution < 1.29 is 39.3 Å². The monoisotopic (exact) mass is 539 g/mol. The second kappa shape index (κ2) is 8.87. The predicted octanol–water partition coefficient (Wildman–Crippen LogP) is 3.74. The van der Waals surface area contributed by atoms with Crippen molar-refractivity contribution in [1.82, 2.24) is 0 Å².